The zero-order chi connectivity index (χ0) is 45.6. The van der Waals surface area contributed by atoms with Gasteiger partial charge in [-0.25, -0.2) is 18.2 Å². The third kappa shape index (κ3) is 13.7. The van der Waals surface area contributed by atoms with Gasteiger partial charge in [-0.3, -0.25) is 14.4 Å². The lowest BCUT2D eigenvalue weighted by atomic mass is 9.86. The number of hydrogen-bond donors (Lipinski definition) is 4. The Bertz CT molecular complexity index is 2460. The van der Waals surface area contributed by atoms with E-state index in [0.29, 0.717) is 104 Å². The van der Waals surface area contributed by atoms with Crippen LogP contribution in [0.15, 0.2) is 85.1 Å². The van der Waals surface area contributed by atoms with E-state index in [1.165, 1.54) is 19.1 Å². The molecule has 338 valence electrons. The van der Waals surface area contributed by atoms with Crippen LogP contribution in [0.2, 0.25) is 0 Å². The van der Waals surface area contributed by atoms with E-state index in [9.17, 15) is 18.0 Å². The highest BCUT2D eigenvalue weighted by Gasteiger charge is 2.28. The molecule has 0 saturated carbocycles. The molecule has 0 unspecified atom stereocenters. The summed E-state index contributed by atoms with van der Waals surface area (Å²) in [6.07, 6.45) is 2.62. The monoisotopic (exact) mass is 888 g/mol. The maximum absolute atomic E-state index is 13.4. The van der Waals surface area contributed by atoms with Crippen molar-refractivity contribution in [3.05, 3.63) is 96.2 Å². The zero-order valence-corrected chi connectivity index (χ0v) is 37.4. The molecule has 5 aromatic rings. The lowest BCUT2D eigenvalue weighted by Gasteiger charge is -2.29. The Morgan fingerprint density at radius 1 is 0.762 bits per heavy atom. The fourth-order valence-corrected chi connectivity index (χ4v) is 6.92. The number of primary amides is 1. The Labute approximate surface area is 368 Å². The summed E-state index contributed by atoms with van der Waals surface area (Å²) < 4.78 is 66.4. The smallest absolute Gasteiger partial charge is 0.324 e. The van der Waals surface area contributed by atoms with Gasteiger partial charge in [-0.1, -0.05) is 45.0 Å². The van der Waals surface area contributed by atoms with Crippen LogP contribution in [0.5, 0.6) is 23.0 Å². The minimum Gasteiger partial charge on any atom is -0.497 e. The molecule has 0 aliphatic carbocycles. The fraction of sp³-hybridized carbons (Fsp3) is 0.356. The van der Waals surface area contributed by atoms with Gasteiger partial charge in [0.1, 0.15) is 23.1 Å². The second-order valence-corrected chi connectivity index (χ2v) is 16.9. The normalized spacial score (nSPS) is 11.5. The number of amides is 3. The number of carbonyl (C=O) groups is 2. The van der Waals surface area contributed by atoms with E-state index in [0.717, 1.165) is 11.8 Å². The summed E-state index contributed by atoms with van der Waals surface area (Å²) in [5, 5.41) is 7.35. The van der Waals surface area contributed by atoms with Crippen molar-refractivity contribution >= 4 is 61.3 Å². The van der Waals surface area contributed by atoms with E-state index < -0.39 is 21.5 Å². The van der Waals surface area contributed by atoms with Gasteiger partial charge in [0.2, 0.25) is 10.0 Å². The van der Waals surface area contributed by atoms with E-state index in [2.05, 4.69) is 20.3 Å². The van der Waals surface area contributed by atoms with Crippen LogP contribution in [0.25, 0.3) is 10.8 Å². The molecular formula is C45H56N6O11S. The number of methoxy groups -OCH3 is 3. The number of anilines is 5. The number of aromatic nitrogens is 1. The van der Waals surface area contributed by atoms with Crippen molar-refractivity contribution < 1.29 is 51.2 Å². The van der Waals surface area contributed by atoms with E-state index >= 15 is 0 Å². The molecule has 5 N–H and O–H groups in total. The topological polar surface area (TPSA) is 211 Å². The second-order valence-electron chi connectivity index (χ2n) is 15.1. The van der Waals surface area contributed by atoms with Crippen LogP contribution >= 0.6 is 0 Å². The molecule has 17 nitrogen and oxygen atoms in total. The molecule has 0 aliphatic rings. The number of rotatable bonds is 23. The van der Waals surface area contributed by atoms with Crippen molar-refractivity contribution in [2.24, 2.45) is 5.73 Å². The van der Waals surface area contributed by atoms with Crippen molar-refractivity contribution in [2.75, 3.05) is 95.3 Å². The number of sulfonamides is 1. The molecule has 0 radical (unpaired) electrons. The van der Waals surface area contributed by atoms with E-state index in [1.54, 1.807) is 67.9 Å². The first-order valence-electron chi connectivity index (χ1n) is 20.0. The molecule has 63 heavy (non-hydrogen) atoms. The molecule has 1 heterocycles. The molecule has 0 atom stereocenters. The molecule has 1 aromatic heterocycles. The number of nitrogens with zero attached hydrogens (tertiary/aromatic N) is 2. The van der Waals surface area contributed by atoms with Gasteiger partial charge in [-0.2, -0.15) is 0 Å². The predicted octanol–water partition coefficient (Wildman–Crippen LogP) is 7.10. The highest BCUT2D eigenvalue weighted by atomic mass is 32.2. The van der Waals surface area contributed by atoms with Gasteiger partial charge in [-0.05, 0) is 53.4 Å². The van der Waals surface area contributed by atoms with Gasteiger partial charge < -0.3 is 49.5 Å². The van der Waals surface area contributed by atoms with Crippen LogP contribution in [0, 0.1) is 0 Å². The van der Waals surface area contributed by atoms with Crippen LogP contribution in [0.4, 0.5) is 33.4 Å². The summed E-state index contributed by atoms with van der Waals surface area (Å²) in [5.41, 5.74) is 8.10. The maximum Gasteiger partial charge on any atom is 0.324 e. The average molecular weight is 889 g/mol. The van der Waals surface area contributed by atoms with Gasteiger partial charge in [0.15, 0.2) is 5.75 Å². The first-order chi connectivity index (χ1) is 30.1. The van der Waals surface area contributed by atoms with Crippen LogP contribution in [-0.4, -0.2) is 106 Å². The van der Waals surface area contributed by atoms with E-state index in [1.807, 2.05) is 45.0 Å². The third-order valence-electron chi connectivity index (χ3n) is 9.34. The van der Waals surface area contributed by atoms with Crippen LogP contribution in [-0.2, 0) is 34.4 Å². The molecular weight excluding hydrogens is 833 g/mol. The molecule has 0 spiro atoms. The zero-order valence-electron chi connectivity index (χ0n) is 36.6. The van der Waals surface area contributed by atoms with E-state index in [-0.39, 0.29) is 23.0 Å². The Balaban J connectivity index is 1.32. The molecule has 4 aromatic carbocycles. The average Bonchev–Trinajstić information content (AvgIpc) is 3.23. The van der Waals surface area contributed by atoms with Gasteiger partial charge in [0, 0.05) is 54.0 Å². The number of hydrogen-bond acceptors (Lipinski definition) is 13. The molecule has 3 amide bonds. The highest BCUT2D eigenvalue weighted by molar-refractivity contribution is 7.92. The number of urea groups is 1. The Kier molecular flexibility index (Phi) is 16.9. The van der Waals surface area contributed by atoms with Crippen molar-refractivity contribution in [3.8, 4) is 23.0 Å². The quantitative estimate of drug-likeness (QED) is 0.0483. The lowest BCUT2D eigenvalue weighted by Crippen LogP contribution is -2.32. The number of nitrogens with one attached hydrogen (secondary N) is 3. The molecule has 0 bridgehead atoms. The van der Waals surface area contributed by atoms with Crippen molar-refractivity contribution in [1.29, 1.82) is 0 Å². The number of benzene rings is 4. The van der Waals surface area contributed by atoms with Crippen molar-refractivity contribution in [2.45, 2.75) is 26.2 Å². The molecule has 18 heteroatoms. The van der Waals surface area contributed by atoms with Crippen LogP contribution < -0.4 is 40.2 Å². The molecule has 0 fully saturated rings. The number of fused-ring (bicyclic) bond motifs is 1. The number of ether oxygens (including phenoxy) is 7. The summed E-state index contributed by atoms with van der Waals surface area (Å²) in [7, 11) is 0.792. The van der Waals surface area contributed by atoms with Crippen LogP contribution in [0.3, 0.4) is 0 Å². The summed E-state index contributed by atoms with van der Waals surface area (Å²) in [5.74, 6) is 1.58. The Hall–Kier alpha value is -6.18. The summed E-state index contributed by atoms with van der Waals surface area (Å²) in [6.45, 7) is 9.27. The maximum atomic E-state index is 13.4. The van der Waals surface area contributed by atoms with Crippen LogP contribution in [0.1, 0.15) is 36.7 Å². The van der Waals surface area contributed by atoms with E-state index in [4.69, 9.17) is 38.9 Å². The van der Waals surface area contributed by atoms with Gasteiger partial charge in [0.25, 0.3) is 5.91 Å². The van der Waals surface area contributed by atoms with Gasteiger partial charge in [0.05, 0.1) is 83.8 Å². The largest absolute Gasteiger partial charge is 0.497 e. The fourth-order valence-electron chi connectivity index (χ4n) is 6.37. The number of carbonyl (C=O) groups excluding carboxylic acids is 2. The lowest BCUT2D eigenvalue weighted by molar-refractivity contribution is 0.00415. The van der Waals surface area contributed by atoms with Gasteiger partial charge in [-0.15, -0.1) is 0 Å². The van der Waals surface area contributed by atoms with Crippen molar-refractivity contribution in [1.82, 2.24) is 10.3 Å². The summed E-state index contributed by atoms with van der Waals surface area (Å²) >= 11 is 0. The third-order valence-corrected chi connectivity index (χ3v) is 9.93. The minimum atomic E-state index is -3.73. The summed E-state index contributed by atoms with van der Waals surface area (Å²) in [4.78, 5) is 32.3. The number of nitrogens with two attached hydrogens (primary N) is 1. The Morgan fingerprint density at radius 3 is 2.08 bits per heavy atom. The summed E-state index contributed by atoms with van der Waals surface area (Å²) in [6, 6.07) is 21.8. The standard InChI is InChI=1S/C45H56N6O11S/c1-45(2,3)31-26-37(50-63(7,54)55)42(58-6)39(27-31)51(44(46)53)38-12-13-40(36-11-9-8-10-35(36)38)62-33-14-15-47-41(29-33)49-32-24-30(25-34(28-32)57-5)43(52)48-16-17-59-20-21-61-23-22-60-19-18-56-4/h8-15,24-29,50H,16-23H2,1-7H3,(H2,46,53)(H,47,49)(H,48,52). The Morgan fingerprint density at radius 2 is 1.44 bits per heavy atom. The minimum absolute atomic E-state index is 0.108. The number of pyridine rings is 1. The molecule has 0 aliphatic heterocycles. The predicted molar refractivity (Wildman–Crippen MR) is 243 cm³/mol. The highest BCUT2D eigenvalue weighted by Crippen LogP contribution is 2.46. The molecule has 5 rings (SSSR count). The molecule has 0 saturated heterocycles. The first kappa shape index (κ1) is 47.9. The van der Waals surface area contributed by atoms with Gasteiger partial charge >= 0.3 is 6.03 Å². The van der Waals surface area contributed by atoms with Crippen molar-refractivity contribution in [3.63, 3.8) is 0 Å². The second kappa shape index (κ2) is 22.3. The SMILES string of the molecule is COCCOCCOCCOCCNC(=O)c1cc(Nc2cc(Oc3ccc(N(C(N)=O)c4cc(C(C)(C)C)cc(NS(C)(=O)=O)c4OC)c4ccccc34)ccn2)cc(OC)c1. The first-order valence-corrected chi connectivity index (χ1v) is 21.9.